The van der Waals surface area contributed by atoms with Gasteiger partial charge in [0.25, 0.3) is 5.91 Å². The molecule has 102 valence electrons. The molecule has 0 spiro atoms. The number of hydrogen-bond donors (Lipinski definition) is 3. The van der Waals surface area contributed by atoms with Crippen molar-refractivity contribution in [1.82, 2.24) is 0 Å². The van der Waals surface area contributed by atoms with Gasteiger partial charge < -0.3 is 16.8 Å². The van der Waals surface area contributed by atoms with E-state index in [1.54, 1.807) is 24.3 Å². The Bertz CT molecular complexity index is 631. The van der Waals surface area contributed by atoms with E-state index in [-0.39, 0.29) is 17.7 Å². The zero-order valence-electron chi connectivity index (χ0n) is 10.5. The van der Waals surface area contributed by atoms with Crippen LogP contribution in [0.3, 0.4) is 0 Å². The highest BCUT2D eigenvalue weighted by atomic mass is 19.1. The number of hydrogen-bond acceptors (Lipinski definition) is 2. The number of nitrogens with two attached hydrogens (primary N) is 2. The number of halogens is 1. The van der Waals surface area contributed by atoms with E-state index in [0.717, 1.165) is 0 Å². The number of benzene rings is 2. The van der Waals surface area contributed by atoms with Crippen molar-refractivity contribution in [2.75, 3.05) is 5.32 Å². The molecule has 0 aliphatic rings. The van der Waals surface area contributed by atoms with Crippen LogP contribution < -0.4 is 16.8 Å². The predicted molar refractivity (Wildman–Crippen MR) is 76.3 cm³/mol. The summed E-state index contributed by atoms with van der Waals surface area (Å²) in [7, 11) is 0. The fraction of sp³-hybridized carbons (Fsp3) is 0. The molecule has 0 saturated carbocycles. The molecule has 6 heteroatoms. The molecule has 0 bridgehead atoms. The van der Waals surface area contributed by atoms with Crippen molar-refractivity contribution in [1.29, 1.82) is 0 Å². The molecule has 0 unspecified atom stereocenters. The largest absolute Gasteiger partial charge is 0.370 e. The van der Waals surface area contributed by atoms with E-state index in [2.05, 4.69) is 10.3 Å². The first-order valence-corrected chi connectivity index (χ1v) is 5.81. The Kier molecular flexibility index (Phi) is 3.95. The minimum absolute atomic E-state index is 0.0477. The van der Waals surface area contributed by atoms with Gasteiger partial charge in [0.2, 0.25) is 0 Å². The third-order valence-electron chi connectivity index (χ3n) is 2.49. The Balaban J connectivity index is 2.09. The van der Waals surface area contributed by atoms with Crippen molar-refractivity contribution in [3.05, 3.63) is 59.9 Å². The first-order valence-electron chi connectivity index (χ1n) is 5.81. The van der Waals surface area contributed by atoms with E-state index in [1.807, 2.05) is 0 Å². The van der Waals surface area contributed by atoms with E-state index < -0.39 is 0 Å². The molecule has 0 aromatic heterocycles. The lowest BCUT2D eigenvalue weighted by Gasteiger charge is -2.05. The average Bonchev–Trinajstić information content (AvgIpc) is 2.41. The number of rotatable bonds is 3. The molecule has 20 heavy (non-hydrogen) atoms. The number of anilines is 1. The maximum Gasteiger partial charge on any atom is 0.255 e. The highest BCUT2D eigenvalue weighted by Crippen LogP contribution is 2.15. The number of carbonyl (C=O) groups excluding carboxylic acids is 1. The van der Waals surface area contributed by atoms with Crippen molar-refractivity contribution < 1.29 is 9.18 Å². The summed E-state index contributed by atoms with van der Waals surface area (Å²) in [5.74, 6) is -0.703. The van der Waals surface area contributed by atoms with Gasteiger partial charge in [-0.2, -0.15) is 0 Å². The maximum atomic E-state index is 12.8. The van der Waals surface area contributed by atoms with Gasteiger partial charge in [-0.15, -0.1) is 0 Å². The summed E-state index contributed by atoms with van der Waals surface area (Å²) in [4.78, 5) is 15.8. The highest BCUT2D eigenvalue weighted by molar-refractivity contribution is 6.04. The van der Waals surface area contributed by atoms with Crippen LogP contribution in [0.25, 0.3) is 0 Å². The Morgan fingerprint density at radius 3 is 2.15 bits per heavy atom. The molecule has 0 saturated heterocycles. The van der Waals surface area contributed by atoms with Crippen LogP contribution in [0, 0.1) is 5.82 Å². The van der Waals surface area contributed by atoms with Crippen LogP contribution >= 0.6 is 0 Å². The van der Waals surface area contributed by atoms with Crippen molar-refractivity contribution >= 4 is 23.2 Å². The first-order chi connectivity index (χ1) is 9.54. The summed E-state index contributed by atoms with van der Waals surface area (Å²) in [5.41, 5.74) is 12.0. The minimum atomic E-state index is -0.357. The Hall–Kier alpha value is -2.89. The Morgan fingerprint density at radius 1 is 1.00 bits per heavy atom. The van der Waals surface area contributed by atoms with E-state index >= 15 is 0 Å². The molecule has 2 aromatic carbocycles. The van der Waals surface area contributed by atoms with Crippen LogP contribution in [0.4, 0.5) is 15.8 Å². The van der Waals surface area contributed by atoms with Gasteiger partial charge in [0.15, 0.2) is 5.96 Å². The van der Waals surface area contributed by atoms with Gasteiger partial charge in [0, 0.05) is 11.3 Å². The molecule has 0 radical (unpaired) electrons. The topological polar surface area (TPSA) is 93.5 Å². The van der Waals surface area contributed by atoms with Crippen LogP contribution in [0.5, 0.6) is 0 Å². The Labute approximate surface area is 115 Å². The van der Waals surface area contributed by atoms with Gasteiger partial charge >= 0.3 is 0 Å². The Morgan fingerprint density at radius 2 is 1.60 bits per heavy atom. The first kappa shape index (κ1) is 13.5. The van der Waals surface area contributed by atoms with E-state index in [9.17, 15) is 9.18 Å². The summed E-state index contributed by atoms with van der Waals surface area (Å²) in [6, 6.07) is 12.0. The molecule has 0 fully saturated rings. The fourth-order valence-corrected chi connectivity index (χ4v) is 1.57. The number of carbonyl (C=O) groups is 1. The minimum Gasteiger partial charge on any atom is -0.370 e. The van der Waals surface area contributed by atoms with Crippen molar-refractivity contribution in [2.45, 2.75) is 0 Å². The predicted octanol–water partition coefficient (Wildman–Crippen LogP) is 1.98. The van der Waals surface area contributed by atoms with Crippen LogP contribution in [0.2, 0.25) is 0 Å². The molecule has 1 amide bonds. The number of aliphatic imine (C=N–C) groups is 1. The van der Waals surface area contributed by atoms with Crippen molar-refractivity contribution in [3.63, 3.8) is 0 Å². The van der Waals surface area contributed by atoms with Gasteiger partial charge in [0.05, 0.1) is 5.69 Å². The van der Waals surface area contributed by atoms with Crippen molar-refractivity contribution in [2.24, 2.45) is 16.5 Å². The van der Waals surface area contributed by atoms with E-state index in [1.165, 1.54) is 24.3 Å². The number of guanidine groups is 1. The molecular weight excluding hydrogens is 259 g/mol. The third kappa shape index (κ3) is 3.55. The summed E-state index contributed by atoms with van der Waals surface area (Å²) in [6.45, 7) is 0. The fourth-order valence-electron chi connectivity index (χ4n) is 1.57. The number of amides is 1. The lowest BCUT2D eigenvalue weighted by molar-refractivity contribution is 0.102. The van der Waals surface area contributed by atoms with Gasteiger partial charge in [-0.3, -0.25) is 4.79 Å². The zero-order valence-corrected chi connectivity index (χ0v) is 10.5. The molecule has 2 aromatic rings. The number of nitrogens with zero attached hydrogens (tertiary/aromatic N) is 1. The van der Waals surface area contributed by atoms with Crippen LogP contribution in [-0.2, 0) is 0 Å². The van der Waals surface area contributed by atoms with Crippen LogP contribution in [0.1, 0.15) is 10.4 Å². The second-order valence-electron chi connectivity index (χ2n) is 4.04. The monoisotopic (exact) mass is 272 g/mol. The number of nitrogens with one attached hydrogen (secondary N) is 1. The molecule has 0 atom stereocenters. The smallest absolute Gasteiger partial charge is 0.255 e. The quantitative estimate of drug-likeness (QED) is 0.589. The summed E-state index contributed by atoms with van der Waals surface area (Å²) >= 11 is 0. The summed E-state index contributed by atoms with van der Waals surface area (Å²) < 4.78 is 12.8. The van der Waals surface area contributed by atoms with Gasteiger partial charge in [0.1, 0.15) is 5.82 Å². The normalized spacial score (nSPS) is 9.85. The molecule has 5 N–H and O–H groups in total. The third-order valence-corrected chi connectivity index (χ3v) is 2.49. The van der Waals surface area contributed by atoms with Crippen LogP contribution in [-0.4, -0.2) is 11.9 Å². The molecule has 0 aliphatic carbocycles. The highest BCUT2D eigenvalue weighted by Gasteiger charge is 2.06. The molecule has 0 heterocycles. The lowest BCUT2D eigenvalue weighted by Crippen LogP contribution is -2.21. The lowest BCUT2D eigenvalue weighted by atomic mass is 10.2. The summed E-state index contributed by atoms with van der Waals surface area (Å²) in [6.07, 6.45) is 0. The standard InChI is InChI=1S/C14H13FN4O/c15-10-3-7-11(8-4-10)18-13(20)9-1-5-12(6-2-9)19-14(16)17/h1-8H,(H,18,20)(H4,16,17,19). The maximum absolute atomic E-state index is 12.8. The molecule has 5 nitrogen and oxygen atoms in total. The zero-order chi connectivity index (χ0) is 14.5. The van der Waals surface area contributed by atoms with Crippen LogP contribution in [0.15, 0.2) is 53.5 Å². The summed E-state index contributed by atoms with van der Waals surface area (Å²) in [5, 5.41) is 2.65. The van der Waals surface area contributed by atoms with E-state index in [4.69, 9.17) is 11.5 Å². The van der Waals surface area contributed by atoms with Gasteiger partial charge in [-0.25, -0.2) is 9.38 Å². The second-order valence-corrected chi connectivity index (χ2v) is 4.04. The SMILES string of the molecule is NC(N)=Nc1ccc(C(=O)Nc2ccc(F)cc2)cc1. The molecular formula is C14H13FN4O. The average molecular weight is 272 g/mol. The van der Waals surface area contributed by atoms with Crippen molar-refractivity contribution in [3.8, 4) is 0 Å². The molecule has 0 aliphatic heterocycles. The van der Waals surface area contributed by atoms with E-state index in [0.29, 0.717) is 16.9 Å². The molecule has 2 rings (SSSR count). The second kappa shape index (κ2) is 5.83. The van der Waals surface area contributed by atoms with Gasteiger partial charge in [-0.05, 0) is 48.5 Å². The van der Waals surface area contributed by atoms with Gasteiger partial charge in [-0.1, -0.05) is 0 Å².